The number of aryl methyl sites for hydroxylation is 1. The van der Waals surface area contributed by atoms with Crippen molar-refractivity contribution in [1.29, 1.82) is 0 Å². The van der Waals surface area contributed by atoms with E-state index >= 15 is 0 Å². The standard InChI is InChI=1S/C21H30O3S/c1-17(2)11-7-5-3-4-6-8-14-20-19-13-10-9-12-18(19)15-16-21(20)25(22,23)24/h9-10,12-13,15-17H,3-8,11,14H2,1-2H3,(H,22,23,24). The zero-order chi connectivity index (χ0) is 18.3. The van der Waals surface area contributed by atoms with Gasteiger partial charge < -0.3 is 0 Å². The molecule has 2 aromatic rings. The van der Waals surface area contributed by atoms with E-state index in [1.807, 2.05) is 24.3 Å². The zero-order valence-corrected chi connectivity index (χ0v) is 16.2. The molecule has 0 unspecified atom stereocenters. The summed E-state index contributed by atoms with van der Waals surface area (Å²) in [7, 11) is -4.19. The topological polar surface area (TPSA) is 54.4 Å². The Labute approximate surface area is 152 Å². The molecule has 25 heavy (non-hydrogen) atoms. The lowest BCUT2D eigenvalue weighted by molar-refractivity contribution is 0.481. The summed E-state index contributed by atoms with van der Waals surface area (Å²) in [4.78, 5) is 0.0585. The van der Waals surface area contributed by atoms with E-state index in [9.17, 15) is 13.0 Å². The van der Waals surface area contributed by atoms with Crippen LogP contribution in [0.2, 0.25) is 0 Å². The monoisotopic (exact) mass is 362 g/mol. The van der Waals surface area contributed by atoms with Gasteiger partial charge in [-0.15, -0.1) is 0 Å². The van der Waals surface area contributed by atoms with Gasteiger partial charge in [-0.05, 0) is 41.2 Å². The summed E-state index contributed by atoms with van der Waals surface area (Å²) in [6, 6.07) is 11.0. The van der Waals surface area contributed by atoms with Gasteiger partial charge in [0.15, 0.2) is 0 Å². The lowest BCUT2D eigenvalue weighted by Crippen LogP contribution is -2.04. The van der Waals surface area contributed by atoms with Gasteiger partial charge in [0, 0.05) is 0 Å². The third kappa shape index (κ3) is 6.12. The molecule has 0 aliphatic heterocycles. The average molecular weight is 363 g/mol. The molecule has 1 N–H and O–H groups in total. The van der Waals surface area contributed by atoms with Crippen LogP contribution >= 0.6 is 0 Å². The Balaban J connectivity index is 1.96. The predicted octanol–water partition coefficient (Wildman–Crippen LogP) is 6.02. The van der Waals surface area contributed by atoms with Gasteiger partial charge in [-0.1, -0.05) is 82.7 Å². The van der Waals surface area contributed by atoms with Crippen LogP contribution in [0.1, 0.15) is 64.4 Å². The second-order valence-electron chi connectivity index (χ2n) is 7.29. The van der Waals surface area contributed by atoms with E-state index < -0.39 is 10.1 Å². The Morgan fingerprint density at radius 3 is 2.20 bits per heavy atom. The average Bonchev–Trinajstić information content (AvgIpc) is 2.55. The molecule has 2 rings (SSSR count). The van der Waals surface area contributed by atoms with Crippen molar-refractivity contribution in [2.24, 2.45) is 5.92 Å². The molecule has 0 aliphatic carbocycles. The summed E-state index contributed by atoms with van der Waals surface area (Å²) in [5.74, 6) is 0.783. The minimum Gasteiger partial charge on any atom is -0.282 e. The summed E-state index contributed by atoms with van der Waals surface area (Å²) in [6.45, 7) is 4.52. The smallest absolute Gasteiger partial charge is 0.282 e. The van der Waals surface area contributed by atoms with Crippen molar-refractivity contribution in [2.75, 3.05) is 0 Å². The van der Waals surface area contributed by atoms with Crippen molar-refractivity contribution >= 4 is 20.9 Å². The Morgan fingerprint density at radius 2 is 1.52 bits per heavy atom. The molecular formula is C21H30O3S. The first kappa shape index (κ1) is 19.9. The van der Waals surface area contributed by atoms with Crippen LogP contribution < -0.4 is 0 Å². The second kappa shape index (κ2) is 9.35. The molecule has 0 saturated carbocycles. The minimum atomic E-state index is -4.19. The van der Waals surface area contributed by atoms with E-state index in [1.165, 1.54) is 38.2 Å². The van der Waals surface area contributed by atoms with Crippen molar-refractivity contribution in [3.05, 3.63) is 42.0 Å². The van der Waals surface area contributed by atoms with E-state index in [0.29, 0.717) is 6.42 Å². The van der Waals surface area contributed by atoms with Crippen LogP contribution in [0, 0.1) is 5.92 Å². The highest BCUT2D eigenvalue weighted by Crippen LogP contribution is 2.27. The number of benzene rings is 2. The number of rotatable bonds is 10. The fourth-order valence-electron chi connectivity index (χ4n) is 3.38. The first-order chi connectivity index (χ1) is 11.9. The molecule has 0 atom stereocenters. The normalized spacial score (nSPS) is 12.2. The zero-order valence-electron chi connectivity index (χ0n) is 15.4. The first-order valence-corrected chi connectivity index (χ1v) is 10.8. The maximum Gasteiger partial charge on any atom is 0.294 e. The van der Waals surface area contributed by atoms with Crippen molar-refractivity contribution in [1.82, 2.24) is 0 Å². The molecule has 138 valence electrons. The largest absolute Gasteiger partial charge is 0.294 e. The quantitative estimate of drug-likeness (QED) is 0.415. The van der Waals surface area contributed by atoms with Crippen LogP contribution in [0.5, 0.6) is 0 Å². The van der Waals surface area contributed by atoms with Crippen LogP contribution in [-0.2, 0) is 16.5 Å². The molecule has 4 heteroatoms. The van der Waals surface area contributed by atoms with Gasteiger partial charge in [-0.3, -0.25) is 4.55 Å². The van der Waals surface area contributed by atoms with Gasteiger partial charge in [-0.25, -0.2) is 0 Å². The van der Waals surface area contributed by atoms with Crippen molar-refractivity contribution in [3.8, 4) is 0 Å². The molecule has 0 aliphatic rings. The van der Waals surface area contributed by atoms with Gasteiger partial charge in [0.05, 0.1) is 4.90 Å². The van der Waals surface area contributed by atoms with Gasteiger partial charge in [0.25, 0.3) is 10.1 Å². The summed E-state index contributed by atoms with van der Waals surface area (Å²) in [6.07, 6.45) is 9.03. The van der Waals surface area contributed by atoms with Gasteiger partial charge in [-0.2, -0.15) is 8.42 Å². The molecule has 0 spiro atoms. The van der Waals surface area contributed by atoms with Crippen LogP contribution in [0.15, 0.2) is 41.3 Å². The Kier molecular flexibility index (Phi) is 7.45. The van der Waals surface area contributed by atoms with Crippen molar-refractivity contribution in [3.63, 3.8) is 0 Å². The molecule has 0 fully saturated rings. The Morgan fingerprint density at radius 1 is 0.880 bits per heavy atom. The maximum absolute atomic E-state index is 11.7. The number of unbranched alkanes of at least 4 members (excludes halogenated alkanes) is 5. The Bertz CT molecular complexity index is 779. The van der Waals surface area contributed by atoms with E-state index in [0.717, 1.165) is 35.1 Å². The molecule has 2 aromatic carbocycles. The van der Waals surface area contributed by atoms with Gasteiger partial charge in [0.2, 0.25) is 0 Å². The van der Waals surface area contributed by atoms with Crippen LogP contribution in [0.3, 0.4) is 0 Å². The van der Waals surface area contributed by atoms with E-state index in [1.54, 1.807) is 6.07 Å². The molecule has 0 radical (unpaired) electrons. The van der Waals surface area contributed by atoms with Crippen molar-refractivity contribution in [2.45, 2.75) is 70.1 Å². The second-order valence-corrected chi connectivity index (χ2v) is 8.68. The number of hydrogen-bond donors (Lipinski definition) is 1. The molecule has 0 saturated heterocycles. The highest BCUT2D eigenvalue weighted by atomic mass is 32.2. The molecule has 0 aromatic heterocycles. The van der Waals surface area contributed by atoms with Crippen molar-refractivity contribution < 1.29 is 13.0 Å². The first-order valence-electron chi connectivity index (χ1n) is 9.37. The van der Waals surface area contributed by atoms with E-state index in [-0.39, 0.29) is 4.90 Å². The summed E-state index contributed by atoms with van der Waals surface area (Å²) >= 11 is 0. The maximum atomic E-state index is 11.7. The highest BCUT2D eigenvalue weighted by molar-refractivity contribution is 7.85. The minimum absolute atomic E-state index is 0.0585. The number of hydrogen-bond acceptors (Lipinski definition) is 2. The molecular weight excluding hydrogens is 332 g/mol. The summed E-state index contributed by atoms with van der Waals surface area (Å²) in [5.41, 5.74) is 0.750. The summed E-state index contributed by atoms with van der Waals surface area (Å²) in [5, 5.41) is 1.94. The summed E-state index contributed by atoms with van der Waals surface area (Å²) < 4.78 is 33.0. The highest BCUT2D eigenvalue weighted by Gasteiger charge is 2.17. The molecule has 3 nitrogen and oxygen atoms in total. The lowest BCUT2D eigenvalue weighted by Gasteiger charge is -2.11. The van der Waals surface area contributed by atoms with Gasteiger partial charge >= 0.3 is 0 Å². The van der Waals surface area contributed by atoms with E-state index in [2.05, 4.69) is 13.8 Å². The third-order valence-electron chi connectivity index (χ3n) is 4.73. The van der Waals surface area contributed by atoms with Crippen LogP contribution in [0.4, 0.5) is 0 Å². The molecule has 0 bridgehead atoms. The van der Waals surface area contributed by atoms with Crippen LogP contribution in [0.25, 0.3) is 10.8 Å². The number of fused-ring (bicyclic) bond motifs is 1. The molecule has 0 heterocycles. The predicted molar refractivity (Wildman–Crippen MR) is 105 cm³/mol. The fourth-order valence-corrected chi connectivity index (χ4v) is 4.14. The van der Waals surface area contributed by atoms with E-state index in [4.69, 9.17) is 0 Å². The third-order valence-corrected chi connectivity index (χ3v) is 5.67. The van der Waals surface area contributed by atoms with Crippen LogP contribution in [-0.4, -0.2) is 13.0 Å². The SMILES string of the molecule is CC(C)CCCCCCCCc1c(S(=O)(=O)O)ccc2ccccc12. The molecule has 0 amide bonds. The fraction of sp³-hybridized carbons (Fsp3) is 0.524. The lowest BCUT2D eigenvalue weighted by atomic mass is 9.98. The van der Waals surface area contributed by atoms with Gasteiger partial charge in [0.1, 0.15) is 0 Å². The Hall–Kier alpha value is -1.39.